The maximum atomic E-state index is 12.7. The van der Waals surface area contributed by atoms with Gasteiger partial charge in [0.1, 0.15) is 23.0 Å². The summed E-state index contributed by atoms with van der Waals surface area (Å²) in [5.41, 5.74) is 1.70. The molecular formula is C26H22ClNO6S. The average Bonchev–Trinajstić information content (AvgIpc) is 3.12. The number of methoxy groups -OCH3 is 1. The molecule has 7 nitrogen and oxygen atoms in total. The van der Waals surface area contributed by atoms with Gasteiger partial charge in [-0.05, 0) is 49.8 Å². The van der Waals surface area contributed by atoms with E-state index in [1.54, 1.807) is 49.4 Å². The first-order valence-corrected chi connectivity index (χ1v) is 11.6. The van der Waals surface area contributed by atoms with Crippen LogP contribution in [0.4, 0.5) is 0 Å². The van der Waals surface area contributed by atoms with Crippen molar-refractivity contribution in [2.24, 2.45) is 4.99 Å². The van der Waals surface area contributed by atoms with Gasteiger partial charge in [-0.25, -0.2) is 9.79 Å². The van der Waals surface area contributed by atoms with Crippen LogP contribution in [-0.4, -0.2) is 42.4 Å². The summed E-state index contributed by atoms with van der Waals surface area (Å²) in [6, 6.07) is 10.1. The summed E-state index contributed by atoms with van der Waals surface area (Å²) in [7, 11) is 1.45. The minimum Gasteiger partial charge on any atom is -0.506 e. The number of hydrogen-bond acceptors (Lipinski definition) is 7. The van der Waals surface area contributed by atoms with Crippen molar-refractivity contribution >= 4 is 46.4 Å². The van der Waals surface area contributed by atoms with Gasteiger partial charge in [0.05, 0.1) is 23.6 Å². The fourth-order valence-electron chi connectivity index (χ4n) is 3.07. The van der Waals surface area contributed by atoms with E-state index in [2.05, 4.69) is 10.9 Å². The van der Waals surface area contributed by atoms with E-state index in [0.29, 0.717) is 16.9 Å². The standard InChI is InChI=1S/C26H22ClNO6S/c1-5-11-34-23-18(27)12-16(13-19(23)32-4)14-20-22(29)21(26(31)33-6-2)25(35-20)28-24(30)17-9-7-15(3)8-10-17/h1,7-10,12-14,29H,6,11H2,2-4H3/b20-14-,28-25?. The van der Waals surface area contributed by atoms with Gasteiger partial charge < -0.3 is 19.3 Å². The van der Waals surface area contributed by atoms with Crippen LogP contribution in [0.1, 0.15) is 28.4 Å². The molecule has 3 rings (SSSR count). The zero-order chi connectivity index (χ0) is 25.5. The third kappa shape index (κ3) is 6.07. The number of amides is 1. The highest BCUT2D eigenvalue weighted by atomic mass is 35.5. The number of terminal acetylenes is 1. The minimum atomic E-state index is -0.787. The second-order valence-corrected chi connectivity index (χ2v) is 8.61. The highest BCUT2D eigenvalue weighted by Gasteiger charge is 2.34. The number of carbonyl (C=O) groups excluding carboxylic acids is 2. The van der Waals surface area contributed by atoms with Crippen molar-refractivity contribution in [2.75, 3.05) is 20.3 Å². The van der Waals surface area contributed by atoms with Crippen molar-refractivity contribution in [3.05, 3.63) is 74.3 Å². The summed E-state index contributed by atoms with van der Waals surface area (Å²) in [4.78, 5) is 29.7. The number of aliphatic imine (C=N–C) groups is 1. The molecule has 1 N–H and O–H groups in total. The van der Waals surface area contributed by atoms with E-state index in [0.717, 1.165) is 17.3 Å². The van der Waals surface area contributed by atoms with Crippen molar-refractivity contribution < 1.29 is 28.9 Å². The molecule has 9 heteroatoms. The van der Waals surface area contributed by atoms with Crippen molar-refractivity contribution in [3.63, 3.8) is 0 Å². The molecule has 0 aliphatic carbocycles. The van der Waals surface area contributed by atoms with E-state index in [4.69, 9.17) is 32.2 Å². The molecule has 0 saturated carbocycles. The van der Waals surface area contributed by atoms with Crippen molar-refractivity contribution in [1.82, 2.24) is 0 Å². The molecule has 1 heterocycles. The lowest BCUT2D eigenvalue weighted by molar-refractivity contribution is -0.138. The lowest BCUT2D eigenvalue weighted by Gasteiger charge is -2.12. The normalized spacial score (nSPS) is 15.3. The zero-order valence-corrected chi connectivity index (χ0v) is 20.8. The summed E-state index contributed by atoms with van der Waals surface area (Å²) < 4.78 is 15.9. The Kier molecular flexibility index (Phi) is 8.63. The van der Waals surface area contributed by atoms with Gasteiger partial charge in [0.25, 0.3) is 5.91 Å². The third-order valence-corrected chi connectivity index (χ3v) is 6.02. The van der Waals surface area contributed by atoms with Crippen LogP contribution in [-0.2, 0) is 9.53 Å². The molecule has 0 unspecified atom stereocenters. The van der Waals surface area contributed by atoms with Gasteiger partial charge in [0.2, 0.25) is 0 Å². The largest absolute Gasteiger partial charge is 0.506 e. The summed E-state index contributed by atoms with van der Waals surface area (Å²) in [6.45, 7) is 3.64. The second-order valence-electron chi connectivity index (χ2n) is 7.17. The number of nitrogens with zero attached hydrogens (tertiary/aromatic N) is 1. The van der Waals surface area contributed by atoms with Gasteiger partial charge in [-0.1, -0.05) is 47.0 Å². The number of ether oxygens (including phenoxy) is 3. The Balaban J connectivity index is 2.03. The third-order valence-electron chi connectivity index (χ3n) is 4.72. The van der Waals surface area contributed by atoms with E-state index in [9.17, 15) is 14.7 Å². The predicted octanol–water partition coefficient (Wildman–Crippen LogP) is 5.37. The molecule has 0 spiro atoms. The first kappa shape index (κ1) is 25.9. The first-order chi connectivity index (χ1) is 16.8. The van der Waals surface area contributed by atoms with Crippen LogP contribution in [0, 0.1) is 19.3 Å². The summed E-state index contributed by atoms with van der Waals surface area (Å²) >= 11 is 7.30. The fraction of sp³-hybridized carbons (Fsp3) is 0.192. The molecule has 1 aliphatic rings. The zero-order valence-electron chi connectivity index (χ0n) is 19.3. The average molecular weight is 512 g/mol. The summed E-state index contributed by atoms with van der Waals surface area (Å²) in [5, 5.41) is 11.1. The quantitative estimate of drug-likeness (QED) is 0.394. The topological polar surface area (TPSA) is 94.4 Å². The van der Waals surface area contributed by atoms with Crippen LogP contribution >= 0.6 is 23.4 Å². The molecular weight excluding hydrogens is 490 g/mol. The molecule has 1 amide bonds. The lowest BCUT2D eigenvalue weighted by Crippen LogP contribution is -2.14. The molecule has 1 aliphatic heterocycles. The van der Waals surface area contributed by atoms with E-state index in [-0.39, 0.29) is 45.3 Å². The van der Waals surface area contributed by atoms with E-state index in [1.165, 1.54) is 7.11 Å². The SMILES string of the molecule is C#CCOc1c(Cl)cc(/C=C2\SC(=NC(=O)c3ccc(C)cc3)C(C(=O)OCC)=C2O)cc1OC. The summed E-state index contributed by atoms with van der Waals surface area (Å²) in [6.07, 6.45) is 6.83. The first-order valence-electron chi connectivity index (χ1n) is 10.4. The highest BCUT2D eigenvalue weighted by molar-refractivity contribution is 8.18. The predicted molar refractivity (Wildman–Crippen MR) is 137 cm³/mol. The minimum absolute atomic E-state index is 0.00757. The lowest BCUT2D eigenvalue weighted by atomic mass is 10.1. The molecule has 0 bridgehead atoms. The molecule has 0 saturated heterocycles. The van der Waals surface area contributed by atoms with Crippen LogP contribution in [0.3, 0.4) is 0 Å². The number of rotatable bonds is 7. The number of thioether (sulfide) groups is 1. The Bertz CT molecular complexity index is 1290. The number of hydrogen-bond donors (Lipinski definition) is 1. The monoisotopic (exact) mass is 511 g/mol. The molecule has 0 fully saturated rings. The van der Waals surface area contributed by atoms with Crippen LogP contribution in [0.2, 0.25) is 5.02 Å². The van der Waals surface area contributed by atoms with Crippen molar-refractivity contribution in [3.8, 4) is 23.8 Å². The van der Waals surface area contributed by atoms with Gasteiger partial charge in [-0.3, -0.25) is 4.79 Å². The summed E-state index contributed by atoms with van der Waals surface area (Å²) in [5.74, 6) is 1.28. The van der Waals surface area contributed by atoms with Gasteiger partial charge >= 0.3 is 5.97 Å². The maximum Gasteiger partial charge on any atom is 0.344 e. The number of benzene rings is 2. The molecule has 0 atom stereocenters. The van der Waals surface area contributed by atoms with Crippen LogP contribution in [0.5, 0.6) is 11.5 Å². The number of esters is 1. The fourth-order valence-corrected chi connectivity index (χ4v) is 4.36. The van der Waals surface area contributed by atoms with Crippen molar-refractivity contribution in [1.29, 1.82) is 0 Å². The van der Waals surface area contributed by atoms with Crippen LogP contribution < -0.4 is 9.47 Å². The Morgan fingerprint density at radius 3 is 2.60 bits per heavy atom. The number of aryl methyl sites for hydroxylation is 1. The number of halogens is 1. The molecule has 0 aromatic heterocycles. The molecule has 0 radical (unpaired) electrons. The molecule has 2 aromatic rings. The van der Waals surface area contributed by atoms with Crippen LogP contribution in [0.15, 0.2) is 57.6 Å². The number of carbonyl (C=O) groups is 2. The van der Waals surface area contributed by atoms with E-state index in [1.807, 2.05) is 6.92 Å². The Labute approximate surface area is 212 Å². The maximum absolute atomic E-state index is 12.7. The smallest absolute Gasteiger partial charge is 0.344 e. The van der Waals surface area contributed by atoms with Gasteiger partial charge in [0, 0.05) is 5.56 Å². The Hall–Kier alpha value is -3.67. The van der Waals surface area contributed by atoms with E-state index < -0.39 is 11.9 Å². The van der Waals surface area contributed by atoms with Crippen LogP contribution in [0.25, 0.3) is 6.08 Å². The Morgan fingerprint density at radius 2 is 1.97 bits per heavy atom. The molecule has 180 valence electrons. The van der Waals surface area contributed by atoms with Crippen molar-refractivity contribution in [2.45, 2.75) is 13.8 Å². The molecule has 35 heavy (non-hydrogen) atoms. The highest BCUT2D eigenvalue weighted by Crippen LogP contribution is 2.42. The molecule has 2 aromatic carbocycles. The number of aliphatic hydroxyl groups is 1. The van der Waals surface area contributed by atoms with Gasteiger partial charge in [-0.15, -0.1) is 6.42 Å². The second kappa shape index (κ2) is 11.6. The van der Waals surface area contributed by atoms with E-state index >= 15 is 0 Å². The Morgan fingerprint density at radius 1 is 1.26 bits per heavy atom. The van der Waals surface area contributed by atoms with Gasteiger partial charge in [0.15, 0.2) is 11.5 Å². The number of aliphatic hydroxyl groups excluding tert-OH is 1. The van der Waals surface area contributed by atoms with Gasteiger partial charge in [-0.2, -0.15) is 0 Å².